The maximum atomic E-state index is 10.2. The molecule has 94 valence electrons. The molecule has 0 aliphatic heterocycles. The first-order valence-electron chi connectivity index (χ1n) is 5.86. The fourth-order valence-corrected chi connectivity index (χ4v) is 2.44. The van der Waals surface area contributed by atoms with Gasteiger partial charge in [-0.05, 0) is 30.9 Å². The molecule has 0 saturated heterocycles. The van der Waals surface area contributed by atoms with Crippen LogP contribution in [0, 0.1) is 0 Å². The van der Waals surface area contributed by atoms with E-state index in [4.69, 9.17) is 15.2 Å². The van der Waals surface area contributed by atoms with Gasteiger partial charge in [0.2, 0.25) is 0 Å². The largest absolute Gasteiger partial charge is 0.493 e. The molecule has 0 aromatic heterocycles. The van der Waals surface area contributed by atoms with E-state index in [0.717, 1.165) is 36.1 Å². The average molecular weight is 237 g/mol. The molecule has 17 heavy (non-hydrogen) atoms. The fourth-order valence-electron chi connectivity index (χ4n) is 2.44. The summed E-state index contributed by atoms with van der Waals surface area (Å²) < 4.78 is 10.7. The summed E-state index contributed by atoms with van der Waals surface area (Å²) in [7, 11) is 3.23. The monoisotopic (exact) mass is 237 g/mol. The average Bonchev–Trinajstić information content (AvgIpc) is 2.49. The van der Waals surface area contributed by atoms with Gasteiger partial charge in [0.15, 0.2) is 11.5 Å². The van der Waals surface area contributed by atoms with Crippen LogP contribution in [0.25, 0.3) is 0 Å². The number of hydrogen-bond donors (Lipinski definition) is 2. The molecule has 4 heteroatoms. The van der Waals surface area contributed by atoms with E-state index in [1.807, 2.05) is 12.1 Å². The van der Waals surface area contributed by atoms with Crippen molar-refractivity contribution in [2.24, 2.45) is 5.73 Å². The second kappa shape index (κ2) is 4.94. The summed E-state index contributed by atoms with van der Waals surface area (Å²) in [5.41, 5.74) is 7.82. The third kappa shape index (κ3) is 2.10. The predicted molar refractivity (Wildman–Crippen MR) is 65.4 cm³/mol. The molecule has 2 atom stereocenters. The van der Waals surface area contributed by atoms with E-state index in [0.29, 0.717) is 5.75 Å². The first-order chi connectivity index (χ1) is 8.19. The Morgan fingerprint density at radius 3 is 2.71 bits per heavy atom. The van der Waals surface area contributed by atoms with Crippen molar-refractivity contribution in [3.63, 3.8) is 0 Å². The van der Waals surface area contributed by atoms with Crippen molar-refractivity contribution in [3.05, 3.63) is 23.3 Å². The van der Waals surface area contributed by atoms with Crippen molar-refractivity contribution in [2.45, 2.75) is 31.4 Å². The lowest BCUT2D eigenvalue weighted by atomic mass is 9.98. The summed E-state index contributed by atoms with van der Waals surface area (Å²) in [6, 6.07) is 3.50. The number of benzene rings is 1. The Bertz CT molecular complexity index is 406. The van der Waals surface area contributed by atoms with Gasteiger partial charge in [-0.2, -0.15) is 0 Å². The summed E-state index contributed by atoms with van der Waals surface area (Å²) in [6.45, 7) is 0. The van der Waals surface area contributed by atoms with Gasteiger partial charge in [0.1, 0.15) is 0 Å². The molecule has 0 amide bonds. The zero-order chi connectivity index (χ0) is 12.4. The van der Waals surface area contributed by atoms with E-state index < -0.39 is 6.10 Å². The number of ether oxygens (including phenoxy) is 2. The quantitative estimate of drug-likeness (QED) is 0.763. The van der Waals surface area contributed by atoms with Gasteiger partial charge in [-0.3, -0.25) is 0 Å². The Morgan fingerprint density at radius 1 is 1.29 bits per heavy atom. The number of nitrogens with two attached hydrogens (primary N) is 1. The van der Waals surface area contributed by atoms with Crippen molar-refractivity contribution >= 4 is 0 Å². The number of methoxy groups -OCH3 is 2. The van der Waals surface area contributed by atoms with Crippen LogP contribution in [0.3, 0.4) is 0 Å². The van der Waals surface area contributed by atoms with Crippen LogP contribution in [-0.2, 0) is 6.42 Å². The number of fused-ring (bicyclic) bond motifs is 1. The molecule has 2 unspecified atom stereocenters. The number of aliphatic hydroxyl groups excluding tert-OH is 1. The van der Waals surface area contributed by atoms with Crippen LogP contribution in [0.1, 0.15) is 30.1 Å². The van der Waals surface area contributed by atoms with E-state index in [2.05, 4.69) is 0 Å². The summed E-state index contributed by atoms with van der Waals surface area (Å²) in [5, 5.41) is 10.2. The maximum absolute atomic E-state index is 10.2. The molecule has 1 aliphatic carbocycles. The number of rotatable bonds is 2. The molecule has 0 radical (unpaired) electrons. The Hall–Kier alpha value is -1.26. The summed E-state index contributed by atoms with van der Waals surface area (Å²) in [5.74, 6) is 1.42. The van der Waals surface area contributed by atoms with Gasteiger partial charge >= 0.3 is 0 Å². The van der Waals surface area contributed by atoms with Gasteiger partial charge in [-0.25, -0.2) is 0 Å². The molecule has 2 rings (SSSR count). The van der Waals surface area contributed by atoms with Crippen LogP contribution in [0.2, 0.25) is 0 Å². The highest BCUT2D eigenvalue weighted by atomic mass is 16.5. The van der Waals surface area contributed by atoms with Crippen LogP contribution in [0.15, 0.2) is 12.1 Å². The second-order valence-electron chi connectivity index (χ2n) is 4.37. The lowest BCUT2D eigenvalue weighted by Gasteiger charge is -2.20. The van der Waals surface area contributed by atoms with Gasteiger partial charge < -0.3 is 20.3 Å². The Morgan fingerprint density at radius 2 is 2.06 bits per heavy atom. The third-order valence-electron chi connectivity index (χ3n) is 3.37. The summed E-state index contributed by atoms with van der Waals surface area (Å²) >= 11 is 0. The summed E-state index contributed by atoms with van der Waals surface area (Å²) in [6.07, 6.45) is 2.02. The van der Waals surface area contributed by atoms with Crippen LogP contribution < -0.4 is 15.2 Å². The zero-order valence-electron chi connectivity index (χ0n) is 10.3. The highest BCUT2D eigenvalue weighted by molar-refractivity contribution is 5.52. The van der Waals surface area contributed by atoms with Gasteiger partial charge in [0, 0.05) is 11.6 Å². The first-order valence-corrected chi connectivity index (χ1v) is 5.86. The molecular weight excluding hydrogens is 218 g/mol. The van der Waals surface area contributed by atoms with Crippen LogP contribution in [-0.4, -0.2) is 25.4 Å². The minimum Gasteiger partial charge on any atom is -0.493 e. The first kappa shape index (κ1) is 12.2. The smallest absolute Gasteiger partial charge is 0.164 e. The molecule has 3 N–H and O–H groups in total. The highest BCUT2D eigenvalue weighted by Gasteiger charge is 2.26. The van der Waals surface area contributed by atoms with Gasteiger partial charge in [0.25, 0.3) is 0 Å². The van der Waals surface area contributed by atoms with Crippen LogP contribution in [0.4, 0.5) is 0 Å². The van der Waals surface area contributed by atoms with E-state index in [9.17, 15) is 5.11 Å². The fraction of sp³-hybridized carbons (Fsp3) is 0.538. The standard InChI is InChI=1S/C13H19NO3/c1-16-11-7-6-8-9(13(11)17-2)4-3-5-10(14)12(8)15/h6-7,10,12,15H,3-5,14H2,1-2H3. The number of aliphatic hydroxyl groups is 1. The Kier molecular flexibility index (Phi) is 3.54. The van der Waals surface area contributed by atoms with Crippen molar-refractivity contribution in [1.29, 1.82) is 0 Å². The minimum absolute atomic E-state index is 0.200. The molecule has 1 aromatic rings. The number of hydrogen-bond acceptors (Lipinski definition) is 4. The van der Waals surface area contributed by atoms with Crippen LogP contribution in [0.5, 0.6) is 11.5 Å². The normalized spacial score (nSPS) is 23.8. The lowest BCUT2D eigenvalue weighted by molar-refractivity contribution is 0.144. The molecular formula is C13H19NO3. The van der Waals surface area contributed by atoms with E-state index in [-0.39, 0.29) is 6.04 Å². The Balaban J connectivity index is 2.53. The van der Waals surface area contributed by atoms with Crippen molar-refractivity contribution < 1.29 is 14.6 Å². The van der Waals surface area contributed by atoms with Gasteiger partial charge in [-0.15, -0.1) is 0 Å². The van der Waals surface area contributed by atoms with Crippen molar-refractivity contribution in [1.82, 2.24) is 0 Å². The third-order valence-corrected chi connectivity index (χ3v) is 3.37. The maximum Gasteiger partial charge on any atom is 0.164 e. The predicted octanol–water partition coefficient (Wildman–Crippen LogP) is 1.40. The van der Waals surface area contributed by atoms with Crippen molar-refractivity contribution in [2.75, 3.05) is 14.2 Å². The van der Waals surface area contributed by atoms with E-state index in [1.54, 1.807) is 14.2 Å². The summed E-state index contributed by atoms with van der Waals surface area (Å²) in [4.78, 5) is 0. The van der Waals surface area contributed by atoms with E-state index in [1.165, 1.54) is 0 Å². The molecule has 0 heterocycles. The van der Waals surface area contributed by atoms with Crippen LogP contribution >= 0.6 is 0 Å². The molecule has 1 aliphatic rings. The molecule has 0 saturated carbocycles. The highest BCUT2D eigenvalue weighted by Crippen LogP contribution is 2.39. The molecule has 0 bridgehead atoms. The Labute approximate surface area is 101 Å². The molecule has 4 nitrogen and oxygen atoms in total. The molecule has 1 aromatic carbocycles. The zero-order valence-corrected chi connectivity index (χ0v) is 10.3. The SMILES string of the molecule is COc1ccc2c(c1OC)CCCC(N)C2O. The molecule has 0 spiro atoms. The molecule has 0 fully saturated rings. The minimum atomic E-state index is -0.618. The lowest BCUT2D eigenvalue weighted by Crippen LogP contribution is -2.27. The topological polar surface area (TPSA) is 64.7 Å². The van der Waals surface area contributed by atoms with Gasteiger partial charge in [0.05, 0.1) is 20.3 Å². The van der Waals surface area contributed by atoms with E-state index >= 15 is 0 Å². The van der Waals surface area contributed by atoms with Gasteiger partial charge in [-0.1, -0.05) is 6.07 Å². The van der Waals surface area contributed by atoms with Crippen molar-refractivity contribution in [3.8, 4) is 11.5 Å². The second-order valence-corrected chi connectivity index (χ2v) is 4.37.